The molecule has 0 heterocycles. The van der Waals surface area contributed by atoms with Crippen molar-refractivity contribution in [2.45, 2.75) is 0 Å². The summed E-state index contributed by atoms with van der Waals surface area (Å²) in [5, 5.41) is 28.5. The van der Waals surface area contributed by atoms with Gasteiger partial charge in [-0.2, -0.15) is 0 Å². The van der Waals surface area contributed by atoms with Gasteiger partial charge in [-0.25, -0.2) is 0 Å². The molecule has 0 aromatic carbocycles. The number of hydrogen-bond acceptors (Lipinski definition) is 6. The molecule has 0 saturated heterocycles. The fraction of sp³-hybridized carbons (Fsp3) is 0. The van der Waals surface area contributed by atoms with E-state index in [9.17, 15) is 29.7 Å². The first-order valence-electron chi connectivity index (χ1n) is 5.32. The molecule has 0 unspecified atom stereocenters. The Balaban J connectivity index is -0.000000108. The summed E-state index contributed by atoms with van der Waals surface area (Å²) in [5.41, 5.74) is 0. The molecule has 0 fully saturated rings. The second kappa shape index (κ2) is 24.3. The first-order chi connectivity index (χ1) is 9.81. The molecule has 0 bridgehead atoms. The molecule has 0 aromatic heterocycles. The zero-order chi connectivity index (χ0) is 17.1. The van der Waals surface area contributed by atoms with Crippen LogP contribution in [0.4, 0.5) is 0 Å². The van der Waals surface area contributed by atoms with Crippen LogP contribution in [0.3, 0.4) is 0 Å². The maximum Gasteiger partial charge on any atom is 3.00 e. The van der Waals surface area contributed by atoms with E-state index < -0.39 is 17.9 Å². The van der Waals surface area contributed by atoms with E-state index in [1.807, 2.05) is 0 Å². The van der Waals surface area contributed by atoms with Crippen LogP contribution < -0.4 is 15.3 Å². The Morgan fingerprint density at radius 3 is 0.818 bits per heavy atom. The molecule has 0 saturated carbocycles. The zero-order valence-electron chi connectivity index (χ0n) is 11.8. The number of allylic oxidation sites excluding steroid dienone is 6. The summed E-state index contributed by atoms with van der Waals surface area (Å²) < 4.78 is 0. The summed E-state index contributed by atoms with van der Waals surface area (Å²) in [6.45, 7) is 9.76. The predicted molar refractivity (Wildman–Crippen MR) is 73.0 cm³/mol. The molecule has 0 rings (SSSR count). The van der Waals surface area contributed by atoms with Crippen LogP contribution in [0.5, 0.6) is 0 Å². The van der Waals surface area contributed by atoms with Crippen molar-refractivity contribution in [1.29, 1.82) is 0 Å². The van der Waals surface area contributed by atoms with Gasteiger partial charge in [-0.3, -0.25) is 0 Å². The van der Waals surface area contributed by atoms with Gasteiger partial charge in [0.2, 0.25) is 0 Å². The van der Waals surface area contributed by atoms with Gasteiger partial charge in [0.15, 0.2) is 0 Å². The summed E-state index contributed by atoms with van der Waals surface area (Å²) >= 11 is 0. The van der Waals surface area contributed by atoms with E-state index in [2.05, 4.69) is 19.7 Å². The van der Waals surface area contributed by atoms with Gasteiger partial charge in [0.1, 0.15) is 0 Å². The smallest absolute Gasteiger partial charge is 0.545 e. The third-order valence-electron chi connectivity index (χ3n) is 1.11. The van der Waals surface area contributed by atoms with Gasteiger partial charge >= 0.3 is 41.7 Å². The van der Waals surface area contributed by atoms with E-state index in [1.165, 1.54) is 36.5 Å². The standard InChI is InChI=1S/3C5H6O2.Ce/c3*1-2-3-4-5(6)7;/h3*2-4H,1H2,(H,6,7);/q;;;+3/p-3. The van der Waals surface area contributed by atoms with Gasteiger partial charge in [0.25, 0.3) is 0 Å². The molecular weight excluding hydrogens is 416 g/mol. The third-order valence-corrected chi connectivity index (χ3v) is 1.11. The number of hydrogen-bond donors (Lipinski definition) is 0. The van der Waals surface area contributed by atoms with E-state index in [1.54, 1.807) is 0 Å². The summed E-state index contributed by atoms with van der Waals surface area (Å²) in [7, 11) is 0. The Labute approximate surface area is 162 Å². The van der Waals surface area contributed by atoms with Crippen LogP contribution in [0.25, 0.3) is 0 Å². The largest absolute Gasteiger partial charge is 3.00 e. The van der Waals surface area contributed by atoms with Crippen molar-refractivity contribution in [2.24, 2.45) is 0 Å². The second-order valence-corrected chi connectivity index (χ2v) is 2.74. The van der Waals surface area contributed by atoms with Crippen molar-refractivity contribution in [3.05, 3.63) is 74.4 Å². The molecule has 1 radical (unpaired) electrons. The van der Waals surface area contributed by atoms with Gasteiger partial charge in [-0.1, -0.05) is 56.2 Å². The average molecular weight is 431 g/mol. The van der Waals surface area contributed by atoms with E-state index in [0.717, 1.165) is 18.2 Å². The molecular formula is C15H15CeO6. The molecule has 0 atom stereocenters. The molecule has 0 aliphatic rings. The summed E-state index contributed by atoms with van der Waals surface area (Å²) in [5.74, 6) is -3.58. The van der Waals surface area contributed by atoms with Crippen molar-refractivity contribution in [3.8, 4) is 0 Å². The van der Waals surface area contributed by atoms with Gasteiger partial charge in [0, 0.05) is 0 Å². The van der Waals surface area contributed by atoms with E-state index in [4.69, 9.17) is 0 Å². The minimum atomic E-state index is -1.19. The van der Waals surface area contributed by atoms with Crippen LogP contribution in [0.15, 0.2) is 74.4 Å². The Morgan fingerprint density at radius 1 is 0.591 bits per heavy atom. The Morgan fingerprint density at radius 2 is 0.773 bits per heavy atom. The summed E-state index contributed by atoms with van der Waals surface area (Å²) in [4.78, 5) is 28.5. The number of aliphatic carboxylic acids is 3. The van der Waals surface area contributed by atoms with Crippen molar-refractivity contribution in [3.63, 3.8) is 0 Å². The van der Waals surface area contributed by atoms with Crippen LogP contribution >= 0.6 is 0 Å². The maximum absolute atomic E-state index is 9.51. The molecule has 0 amide bonds. The van der Waals surface area contributed by atoms with E-state index >= 15 is 0 Å². The number of carboxylic acid groups (broad SMARTS) is 3. The fourth-order valence-corrected chi connectivity index (χ4v) is 0.440. The average Bonchev–Trinajstić information content (AvgIpc) is 2.41. The fourth-order valence-electron chi connectivity index (χ4n) is 0.440. The topological polar surface area (TPSA) is 120 Å². The molecule has 22 heavy (non-hydrogen) atoms. The van der Waals surface area contributed by atoms with Gasteiger partial charge in [0.05, 0.1) is 17.9 Å². The number of carboxylic acids is 3. The number of carbonyl (C=O) groups excluding carboxylic acids is 3. The van der Waals surface area contributed by atoms with Gasteiger partial charge < -0.3 is 29.7 Å². The van der Waals surface area contributed by atoms with Crippen LogP contribution in [0.1, 0.15) is 0 Å². The van der Waals surface area contributed by atoms with Crippen LogP contribution in [0, 0.1) is 41.7 Å². The van der Waals surface area contributed by atoms with Crippen LogP contribution in [-0.4, -0.2) is 17.9 Å². The summed E-state index contributed by atoms with van der Waals surface area (Å²) in [6.07, 6.45) is 10.7. The zero-order valence-corrected chi connectivity index (χ0v) is 14.9. The van der Waals surface area contributed by atoms with Crippen molar-refractivity contribution in [1.82, 2.24) is 0 Å². The van der Waals surface area contributed by atoms with Crippen molar-refractivity contribution < 1.29 is 71.5 Å². The van der Waals surface area contributed by atoms with E-state index in [-0.39, 0.29) is 41.7 Å². The predicted octanol–water partition coefficient (Wildman–Crippen LogP) is -1.56. The Kier molecular flexibility index (Phi) is 31.3. The molecule has 7 heteroatoms. The second-order valence-electron chi connectivity index (χ2n) is 2.74. The maximum atomic E-state index is 9.51. The Hall–Kier alpha value is -1.77. The van der Waals surface area contributed by atoms with Crippen molar-refractivity contribution in [2.75, 3.05) is 0 Å². The van der Waals surface area contributed by atoms with E-state index in [0.29, 0.717) is 0 Å². The molecule has 0 aromatic rings. The first kappa shape index (κ1) is 28.4. The molecule has 6 nitrogen and oxygen atoms in total. The number of rotatable bonds is 6. The van der Waals surface area contributed by atoms with Crippen LogP contribution in [-0.2, 0) is 14.4 Å². The molecule has 0 spiro atoms. The molecule has 0 aliphatic carbocycles. The monoisotopic (exact) mass is 431 g/mol. The van der Waals surface area contributed by atoms with Crippen molar-refractivity contribution >= 4 is 17.9 Å². The normalized spacial score (nSPS) is 8.73. The van der Waals surface area contributed by atoms with Gasteiger partial charge in [-0.05, 0) is 18.2 Å². The third kappa shape index (κ3) is 51.7. The Bertz CT molecular complexity index is 380. The minimum Gasteiger partial charge on any atom is -0.545 e. The van der Waals surface area contributed by atoms with Gasteiger partial charge in [-0.15, -0.1) is 0 Å². The SMILES string of the molecule is C=CC=CC(=O)[O-].C=CC=CC(=O)[O-].C=CC=CC(=O)[O-].[Ce+3]. The quantitative estimate of drug-likeness (QED) is 0.370. The number of carbonyl (C=O) groups is 3. The molecule has 0 aliphatic heterocycles. The molecule has 0 N–H and O–H groups in total. The van der Waals surface area contributed by atoms with Crippen LogP contribution in [0.2, 0.25) is 0 Å². The minimum absolute atomic E-state index is 0. The molecule has 115 valence electrons. The first-order valence-corrected chi connectivity index (χ1v) is 5.32. The summed E-state index contributed by atoms with van der Waals surface area (Å²) in [6, 6.07) is 0.